The third kappa shape index (κ3) is 4.78. The molecule has 0 spiro atoms. The number of hydrogen-bond acceptors (Lipinski definition) is 15. The second kappa shape index (κ2) is 10.3. The van der Waals surface area contributed by atoms with Gasteiger partial charge in [-0.25, -0.2) is 0 Å². The molecule has 0 unspecified atom stereocenters. The van der Waals surface area contributed by atoms with Crippen LogP contribution in [0.1, 0.15) is 0 Å². The molecule has 0 amide bonds. The van der Waals surface area contributed by atoms with E-state index in [4.69, 9.17) is 23.7 Å². The first-order valence-electron chi connectivity index (χ1n) is 9.94. The highest BCUT2D eigenvalue weighted by Gasteiger charge is 2.54. The maximum atomic E-state index is 10.7. The molecule has 0 aliphatic carbocycles. The lowest BCUT2D eigenvalue weighted by atomic mass is 9.96. The second-order valence-electron chi connectivity index (χ2n) is 8.02. The van der Waals surface area contributed by atoms with Crippen LogP contribution >= 0.6 is 0 Å². The van der Waals surface area contributed by atoms with E-state index in [0.29, 0.717) is 0 Å². The first kappa shape index (κ1) is 26.0. The highest BCUT2D eigenvalue weighted by Crippen LogP contribution is 2.33. The smallest absolute Gasteiger partial charge is 0.187 e. The summed E-state index contributed by atoms with van der Waals surface area (Å²) in [5, 5.41) is 99.5. The van der Waals surface area contributed by atoms with Gasteiger partial charge in [-0.3, -0.25) is 0 Å². The Labute approximate surface area is 181 Å². The third-order valence-electron chi connectivity index (χ3n) is 5.82. The van der Waals surface area contributed by atoms with E-state index in [1.165, 1.54) is 0 Å². The number of aliphatic hydroxyl groups is 10. The van der Waals surface area contributed by atoms with Crippen LogP contribution in [0.2, 0.25) is 0 Å². The second-order valence-corrected chi connectivity index (χ2v) is 8.02. The van der Waals surface area contributed by atoms with Crippen LogP contribution in [0.25, 0.3) is 0 Å². The van der Waals surface area contributed by atoms with E-state index in [0.717, 1.165) is 0 Å². The molecule has 0 aromatic heterocycles. The number of ether oxygens (including phenoxy) is 5. The molecule has 0 aromatic carbocycles. The van der Waals surface area contributed by atoms with Gasteiger partial charge in [0.25, 0.3) is 0 Å². The maximum Gasteiger partial charge on any atom is 0.187 e. The van der Waals surface area contributed by atoms with E-state index in [1.54, 1.807) is 0 Å². The quantitative estimate of drug-likeness (QED) is 0.165. The summed E-state index contributed by atoms with van der Waals surface area (Å²) in [5.41, 5.74) is -2.04. The molecule has 3 heterocycles. The molecule has 3 aliphatic rings. The number of aliphatic hydroxyl groups excluding tert-OH is 9. The Kier molecular flexibility index (Phi) is 8.41. The zero-order valence-corrected chi connectivity index (χ0v) is 16.8. The Morgan fingerprint density at radius 1 is 0.719 bits per heavy atom. The maximum absolute atomic E-state index is 10.7. The van der Waals surface area contributed by atoms with Crippen molar-refractivity contribution in [3.63, 3.8) is 0 Å². The number of hydrogen-bond donors (Lipinski definition) is 10. The molecule has 32 heavy (non-hydrogen) atoms. The molecular formula is C17H30O15. The zero-order chi connectivity index (χ0) is 23.8. The standard InChI is InChI=1S/C17H30O15/c18-1-5-7(21)11(9(23)14(26)29-5)31-15-10(24)12(8(22)6(2-19)30-15)32-16-13(25)17(27,3-20)4-28-16/h5-16,18-27H,1-4H2/t5-,6-,7-,8-,9-,10-,11+,12+,13+,14-,15+,16+,17-/m1/s1. The van der Waals surface area contributed by atoms with Crippen LogP contribution in [0.4, 0.5) is 0 Å². The van der Waals surface area contributed by atoms with Crippen molar-refractivity contribution in [1.82, 2.24) is 0 Å². The van der Waals surface area contributed by atoms with E-state index in [9.17, 15) is 51.1 Å². The molecular weight excluding hydrogens is 444 g/mol. The first-order chi connectivity index (χ1) is 15.1. The van der Waals surface area contributed by atoms with Gasteiger partial charge in [0, 0.05) is 0 Å². The van der Waals surface area contributed by atoms with Gasteiger partial charge in [-0.1, -0.05) is 0 Å². The summed E-state index contributed by atoms with van der Waals surface area (Å²) in [6.45, 7) is -2.86. The molecule has 15 nitrogen and oxygen atoms in total. The summed E-state index contributed by atoms with van der Waals surface area (Å²) in [6.07, 6.45) is -19.9. The largest absolute Gasteiger partial charge is 0.394 e. The minimum absolute atomic E-state index is 0.505. The van der Waals surface area contributed by atoms with E-state index in [1.807, 2.05) is 0 Å². The summed E-state index contributed by atoms with van der Waals surface area (Å²) >= 11 is 0. The fraction of sp³-hybridized carbons (Fsp3) is 1.00. The summed E-state index contributed by atoms with van der Waals surface area (Å²) in [7, 11) is 0. The van der Waals surface area contributed by atoms with Gasteiger partial charge in [0.15, 0.2) is 18.9 Å². The van der Waals surface area contributed by atoms with Crippen molar-refractivity contribution in [2.45, 2.75) is 79.4 Å². The predicted molar refractivity (Wildman–Crippen MR) is 95.3 cm³/mol. The Morgan fingerprint density at radius 3 is 1.78 bits per heavy atom. The van der Waals surface area contributed by atoms with Crippen LogP contribution in [0.3, 0.4) is 0 Å². The molecule has 3 fully saturated rings. The molecule has 3 rings (SSSR count). The van der Waals surface area contributed by atoms with Crippen molar-refractivity contribution in [3.05, 3.63) is 0 Å². The van der Waals surface area contributed by atoms with E-state index in [-0.39, 0.29) is 0 Å². The van der Waals surface area contributed by atoms with Crippen molar-refractivity contribution in [2.75, 3.05) is 26.4 Å². The molecule has 0 saturated carbocycles. The molecule has 188 valence electrons. The summed E-state index contributed by atoms with van der Waals surface area (Å²) in [4.78, 5) is 0. The van der Waals surface area contributed by atoms with Crippen LogP contribution in [-0.4, -0.2) is 157 Å². The molecule has 0 bridgehead atoms. The molecule has 10 N–H and O–H groups in total. The molecule has 3 saturated heterocycles. The molecule has 15 heteroatoms. The lowest BCUT2D eigenvalue weighted by molar-refractivity contribution is -0.366. The topological polar surface area (TPSA) is 248 Å². The van der Waals surface area contributed by atoms with Crippen molar-refractivity contribution in [3.8, 4) is 0 Å². The van der Waals surface area contributed by atoms with Gasteiger partial charge in [-0.05, 0) is 0 Å². The normalized spacial score (nSPS) is 52.3. The van der Waals surface area contributed by atoms with E-state index in [2.05, 4.69) is 0 Å². The predicted octanol–water partition coefficient (Wildman–Crippen LogP) is -6.93. The molecule has 13 atom stereocenters. The Hall–Kier alpha value is -0.600. The van der Waals surface area contributed by atoms with Gasteiger partial charge in [0.05, 0.1) is 26.4 Å². The number of rotatable bonds is 7. The minimum atomic E-state index is -2.04. The summed E-state index contributed by atoms with van der Waals surface area (Å²) in [6, 6.07) is 0. The van der Waals surface area contributed by atoms with Crippen LogP contribution in [0.5, 0.6) is 0 Å². The van der Waals surface area contributed by atoms with Crippen molar-refractivity contribution in [1.29, 1.82) is 0 Å². The van der Waals surface area contributed by atoms with Crippen LogP contribution in [-0.2, 0) is 23.7 Å². The van der Waals surface area contributed by atoms with Gasteiger partial charge in [-0.2, -0.15) is 0 Å². The summed E-state index contributed by atoms with van der Waals surface area (Å²) in [5.74, 6) is 0. The lowest BCUT2D eigenvalue weighted by Gasteiger charge is -2.46. The first-order valence-corrected chi connectivity index (χ1v) is 9.94. The average molecular weight is 474 g/mol. The fourth-order valence-corrected chi connectivity index (χ4v) is 3.77. The Balaban J connectivity index is 1.76. The van der Waals surface area contributed by atoms with Crippen LogP contribution in [0.15, 0.2) is 0 Å². The van der Waals surface area contributed by atoms with E-state index < -0.39 is 106 Å². The lowest BCUT2D eigenvalue weighted by Crippen LogP contribution is -2.65. The minimum Gasteiger partial charge on any atom is -0.394 e. The fourth-order valence-electron chi connectivity index (χ4n) is 3.77. The van der Waals surface area contributed by atoms with Crippen LogP contribution < -0.4 is 0 Å². The van der Waals surface area contributed by atoms with E-state index >= 15 is 0 Å². The average Bonchev–Trinajstić information content (AvgIpc) is 3.06. The van der Waals surface area contributed by atoms with Gasteiger partial charge in [0.2, 0.25) is 0 Å². The van der Waals surface area contributed by atoms with Gasteiger partial charge >= 0.3 is 0 Å². The van der Waals surface area contributed by atoms with Crippen molar-refractivity contribution >= 4 is 0 Å². The van der Waals surface area contributed by atoms with Gasteiger partial charge in [0.1, 0.15) is 60.5 Å². The molecule has 0 aromatic rings. The Bertz CT molecular complexity index is 610. The van der Waals surface area contributed by atoms with Crippen molar-refractivity contribution < 1.29 is 74.7 Å². The highest BCUT2D eigenvalue weighted by molar-refractivity contribution is 4.97. The zero-order valence-electron chi connectivity index (χ0n) is 16.8. The highest BCUT2D eigenvalue weighted by atomic mass is 16.7. The SMILES string of the molecule is OC[C@H]1O[C@@H](O)[C@H](O)[C@@H](O[C@@H]2O[C@H](CO)[C@@H](O)[C@H](O[C@@H]3OC[C@](O)(CO)[C@H]3O)[C@H]2O)[C@@H]1O. The van der Waals surface area contributed by atoms with Gasteiger partial charge in [-0.15, -0.1) is 0 Å². The van der Waals surface area contributed by atoms with Gasteiger partial charge < -0.3 is 74.7 Å². The molecule has 0 radical (unpaired) electrons. The molecule has 3 aliphatic heterocycles. The van der Waals surface area contributed by atoms with Crippen LogP contribution in [0, 0.1) is 0 Å². The van der Waals surface area contributed by atoms with Crippen molar-refractivity contribution in [2.24, 2.45) is 0 Å². The monoisotopic (exact) mass is 474 g/mol. The third-order valence-corrected chi connectivity index (χ3v) is 5.82. The summed E-state index contributed by atoms with van der Waals surface area (Å²) < 4.78 is 26.1. The Morgan fingerprint density at radius 2 is 1.25 bits per heavy atom.